The number of anilines is 1. The fourth-order valence-electron chi connectivity index (χ4n) is 4.25. The smallest absolute Gasteiger partial charge is 0.414 e. The molecule has 1 fully saturated rings. The van der Waals surface area contributed by atoms with Gasteiger partial charge in [0.1, 0.15) is 29.1 Å². The Balaban J connectivity index is 2.12. The molecule has 1 aromatic rings. The van der Waals surface area contributed by atoms with E-state index >= 15 is 0 Å². The lowest BCUT2D eigenvalue weighted by Crippen LogP contribution is -2.34. The van der Waals surface area contributed by atoms with Crippen molar-refractivity contribution in [1.82, 2.24) is 0 Å². The van der Waals surface area contributed by atoms with E-state index in [0.29, 0.717) is 17.7 Å². The van der Waals surface area contributed by atoms with Crippen molar-refractivity contribution < 1.29 is 42.8 Å². The number of fused-ring (bicyclic) bond motifs is 2. The molecule has 0 aliphatic carbocycles. The van der Waals surface area contributed by atoms with Crippen LogP contribution in [0.25, 0.3) is 6.08 Å². The minimum atomic E-state index is -0.930. The maximum absolute atomic E-state index is 13.5. The van der Waals surface area contributed by atoms with Crippen molar-refractivity contribution in [3.63, 3.8) is 0 Å². The van der Waals surface area contributed by atoms with Crippen LogP contribution in [0.4, 0.5) is 10.5 Å². The zero-order valence-electron chi connectivity index (χ0n) is 24.8. The molecule has 4 atom stereocenters. The highest BCUT2D eigenvalue weighted by atomic mass is 16.8. The molecule has 0 bridgehead atoms. The van der Waals surface area contributed by atoms with Crippen molar-refractivity contribution in [2.24, 2.45) is 5.92 Å². The number of ether oxygens (including phenoxy) is 6. The first kappa shape index (κ1) is 31.3. The number of hydrogen-bond donors (Lipinski definition) is 0. The average Bonchev–Trinajstić information content (AvgIpc) is 3.17. The van der Waals surface area contributed by atoms with E-state index in [1.807, 2.05) is 6.92 Å². The van der Waals surface area contributed by atoms with Crippen LogP contribution in [0.15, 0.2) is 30.4 Å². The largest absolute Gasteiger partial charge is 0.467 e. The van der Waals surface area contributed by atoms with Crippen LogP contribution in [-0.4, -0.2) is 68.5 Å². The van der Waals surface area contributed by atoms with Crippen LogP contribution < -0.4 is 9.64 Å². The third-order valence-electron chi connectivity index (χ3n) is 6.44. The molecule has 1 amide bonds. The number of rotatable bonds is 4. The van der Waals surface area contributed by atoms with Crippen molar-refractivity contribution in [2.45, 2.75) is 84.6 Å². The van der Waals surface area contributed by atoms with Gasteiger partial charge in [-0.05, 0) is 65.7 Å². The molecule has 0 unspecified atom stereocenters. The van der Waals surface area contributed by atoms with Crippen molar-refractivity contribution in [3.8, 4) is 5.75 Å². The molecule has 2 aliphatic heterocycles. The van der Waals surface area contributed by atoms with E-state index in [1.165, 1.54) is 18.1 Å². The molecule has 0 saturated carbocycles. The summed E-state index contributed by atoms with van der Waals surface area (Å²) in [7, 11) is 3.03. The predicted molar refractivity (Wildman–Crippen MR) is 149 cm³/mol. The highest BCUT2D eigenvalue weighted by Crippen LogP contribution is 2.35. The third kappa shape index (κ3) is 7.93. The van der Waals surface area contributed by atoms with Crippen LogP contribution in [0.5, 0.6) is 5.75 Å². The highest BCUT2D eigenvalue weighted by Gasteiger charge is 2.43. The molecule has 10 heteroatoms. The number of benzene rings is 1. The summed E-state index contributed by atoms with van der Waals surface area (Å²) < 4.78 is 34.2. The lowest BCUT2D eigenvalue weighted by atomic mass is 9.99. The first-order valence-corrected chi connectivity index (χ1v) is 13.3. The van der Waals surface area contributed by atoms with Gasteiger partial charge in [-0.15, -0.1) is 0 Å². The quantitative estimate of drug-likeness (QED) is 0.359. The van der Waals surface area contributed by atoms with E-state index in [0.717, 1.165) is 0 Å². The molecule has 0 N–H and O–H groups in total. The van der Waals surface area contributed by atoms with E-state index in [1.54, 1.807) is 79.0 Å². The lowest BCUT2D eigenvalue weighted by Gasteiger charge is -2.26. The molecule has 220 valence electrons. The molecule has 0 aromatic heterocycles. The third-order valence-corrected chi connectivity index (χ3v) is 6.44. The molecule has 1 saturated heterocycles. The minimum absolute atomic E-state index is 0.135. The number of amides is 1. The van der Waals surface area contributed by atoms with E-state index < -0.39 is 41.8 Å². The van der Waals surface area contributed by atoms with Gasteiger partial charge in [-0.3, -0.25) is 9.69 Å². The highest BCUT2D eigenvalue weighted by molar-refractivity contribution is 5.99. The number of methoxy groups -OCH3 is 1. The van der Waals surface area contributed by atoms with Crippen molar-refractivity contribution in [2.75, 3.05) is 25.9 Å². The van der Waals surface area contributed by atoms with Crippen LogP contribution in [0.3, 0.4) is 0 Å². The van der Waals surface area contributed by atoms with Crippen LogP contribution in [0, 0.1) is 5.92 Å². The zero-order chi connectivity index (χ0) is 29.8. The van der Waals surface area contributed by atoms with Gasteiger partial charge in [0.05, 0.1) is 11.8 Å². The Bertz CT molecular complexity index is 1160. The molecule has 2 aliphatic rings. The lowest BCUT2D eigenvalue weighted by molar-refractivity contribution is -0.152. The van der Waals surface area contributed by atoms with Crippen LogP contribution in [0.2, 0.25) is 0 Å². The number of cyclic esters (lactones) is 1. The fraction of sp³-hybridized carbons (Fsp3) is 0.567. The Morgan fingerprint density at radius 2 is 1.82 bits per heavy atom. The molecule has 10 nitrogen and oxygen atoms in total. The van der Waals surface area contributed by atoms with Crippen LogP contribution >= 0.6 is 0 Å². The van der Waals surface area contributed by atoms with Gasteiger partial charge in [0.15, 0.2) is 18.4 Å². The second-order valence-electron chi connectivity index (χ2n) is 11.5. The second kappa shape index (κ2) is 12.5. The van der Waals surface area contributed by atoms with Crippen LogP contribution in [-0.2, 0) is 28.5 Å². The van der Waals surface area contributed by atoms with Gasteiger partial charge in [0, 0.05) is 26.1 Å². The van der Waals surface area contributed by atoms with E-state index in [9.17, 15) is 14.4 Å². The van der Waals surface area contributed by atoms with E-state index in [2.05, 4.69) is 0 Å². The number of hydrogen-bond acceptors (Lipinski definition) is 9. The summed E-state index contributed by atoms with van der Waals surface area (Å²) in [5.74, 6) is -1.86. The normalized spacial score (nSPS) is 26.5. The van der Waals surface area contributed by atoms with Gasteiger partial charge in [0.2, 0.25) is 0 Å². The minimum Gasteiger partial charge on any atom is -0.467 e. The first-order chi connectivity index (χ1) is 18.6. The summed E-state index contributed by atoms with van der Waals surface area (Å²) in [6.07, 6.45) is 4.54. The van der Waals surface area contributed by atoms with E-state index in [4.69, 9.17) is 28.4 Å². The summed E-state index contributed by atoms with van der Waals surface area (Å²) in [6.45, 7) is 12.3. The zero-order valence-corrected chi connectivity index (χ0v) is 24.8. The molecule has 0 radical (unpaired) electrons. The number of esters is 1. The Morgan fingerprint density at radius 1 is 1.12 bits per heavy atom. The average molecular weight is 560 g/mol. The summed E-state index contributed by atoms with van der Waals surface area (Å²) in [4.78, 5) is 40.7. The van der Waals surface area contributed by atoms with Gasteiger partial charge in [0.25, 0.3) is 0 Å². The summed E-state index contributed by atoms with van der Waals surface area (Å²) in [5.41, 5.74) is 0.338. The van der Waals surface area contributed by atoms with Crippen molar-refractivity contribution >= 4 is 29.6 Å². The maximum atomic E-state index is 13.5. The molecule has 40 heavy (non-hydrogen) atoms. The van der Waals surface area contributed by atoms with Gasteiger partial charge in [-0.25, -0.2) is 9.59 Å². The molecule has 0 spiro atoms. The Kier molecular flexibility index (Phi) is 9.81. The topological polar surface area (TPSA) is 110 Å². The van der Waals surface area contributed by atoms with Gasteiger partial charge in [-0.1, -0.05) is 25.2 Å². The Labute approximate surface area is 236 Å². The maximum Gasteiger partial charge on any atom is 0.414 e. The van der Waals surface area contributed by atoms with Gasteiger partial charge < -0.3 is 28.4 Å². The SMILES string of the molecule is COCOc1cc(N(C)C(=O)OC(C)(C)C)cc2c1C(=O)O[C@@H](C)[C@H](C)/C=C\C(=O)[C@H]1OC(C)(C)O[C@H]1C/C=C/2. The number of carbonyl (C=O) groups excluding carboxylic acids is 3. The number of ketones is 1. The Hall–Kier alpha value is -3.21. The number of nitrogens with zero attached hydrogens (tertiary/aromatic N) is 1. The molecule has 2 heterocycles. The standard InChI is InChI=1S/C30H41NO9/c1-18-13-14-22(32)26-23(38-30(6,7)39-26)12-10-11-20-15-21(31(8)28(34)40-29(3,4)5)16-24(36-17-35-9)25(20)27(33)37-19(18)2/h10-11,13-16,18-19,23,26H,12,17H2,1-9H3/b11-10+,14-13-/t18-,19+,23+,26-/m1/s1. The van der Waals surface area contributed by atoms with Crippen molar-refractivity contribution in [1.29, 1.82) is 0 Å². The monoisotopic (exact) mass is 559 g/mol. The summed E-state index contributed by atoms with van der Waals surface area (Å²) >= 11 is 0. The molecule has 3 rings (SSSR count). The molecular weight excluding hydrogens is 518 g/mol. The first-order valence-electron chi connectivity index (χ1n) is 13.3. The molecular formula is C30H41NO9. The predicted octanol–water partition coefficient (Wildman–Crippen LogP) is 5.28. The van der Waals surface area contributed by atoms with Gasteiger partial charge >= 0.3 is 12.1 Å². The summed E-state index contributed by atoms with van der Waals surface area (Å²) in [6, 6.07) is 3.24. The number of carbonyl (C=O) groups is 3. The van der Waals surface area contributed by atoms with Crippen LogP contribution in [0.1, 0.15) is 70.8 Å². The van der Waals surface area contributed by atoms with Crippen molar-refractivity contribution in [3.05, 3.63) is 41.5 Å². The van der Waals surface area contributed by atoms with Gasteiger partial charge in [-0.2, -0.15) is 0 Å². The Morgan fingerprint density at radius 3 is 2.48 bits per heavy atom. The second-order valence-corrected chi connectivity index (χ2v) is 11.5. The fourth-order valence-corrected chi connectivity index (χ4v) is 4.25. The van der Waals surface area contributed by atoms with E-state index in [-0.39, 0.29) is 29.8 Å². The summed E-state index contributed by atoms with van der Waals surface area (Å²) in [5, 5.41) is 0. The molecule has 1 aromatic carbocycles.